The molecule has 1 rings (SSSR count). The molecule has 0 unspecified atom stereocenters. The molecule has 114 valence electrons. The molecule has 0 spiro atoms. The van der Waals surface area contributed by atoms with Crippen molar-refractivity contribution in [3.8, 4) is 0 Å². The van der Waals surface area contributed by atoms with Crippen molar-refractivity contribution in [2.75, 3.05) is 20.1 Å². The van der Waals surface area contributed by atoms with Crippen molar-refractivity contribution in [3.05, 3.63) is 28.5 Å². The lowest BCUT2D eigenvalue weighted by Crippen LogP contribution is -2.28. The van der Waals surface area contributed by atoms with Gasteiger partial charge in [-0.05, 0) is 32.4 Å². The van der Waals surface area contributed by atoms with Gasteiger partial charge in [0.2, 0.25) is 10.0 Å². The number of nitrogens with zero attached hydrogens (tertiary/aromatic N) is 1. The number of nitrogens with one attached hydrogen (secondary N) is 1. The lowest BCUT2D eigenvalue weighted by Gasteiger charge is -2.16. The Morgan fingerprint density at radius 2 is 2.20 bits per heavy atom. The molecule has 20 heavy (non-hydrogen) atoms. The fraction of sp³-hybridized carbons (Fsp3) is 0.571. The van der Waals surface area contributed by atoms with E-state index >= 15 is 0 Å². The predicted octanol–water partition coefficient (Wildman–Crippen LogP) is 2.75. The Labute approximate surface area is 126 Å². The predicted molar refractivity (Wildman–Crippen MR) is 85.7 cm³/mol. The number of sulfonamides is 1. The second-order valence-corrected chi connectivity index (χ2v) is 8.03. The van der Waals surface area contributed by atoms with Crippen LogP contribution < -0.4 is 5.32 Å². The highest BCUT2D eigenvalue weighted by atomic mass is 32.2. The van der Waals surface area contributed by atoms with Crippen LogP contribution in [-0.4, -0.2) is 32.9 Å². The lowest BCUT2D eigenvalue weighted by atomic mass is 10.3. The van der Waals surface area contributed by atoms with Crippen LogP contribution in [0.4, 0.5) is 0 Å². The Morgan fingerprint density at radius 3 is 2.80 bits per heavy atom. The van der Waals surface area contributed by atoms with Gasteiger partial charge in [0.1, 0.15) is 0 Å². The maximum atomic E-state index is 12.5. The summed E-state index contributed by atoms with van der Waals surface area (Å²) in [5, 5.41) is 3.22. The van der Waals surface area contributed by atoms with Gasteiger partial charge in [-0.3, -0.25) is 0 Å². The van der Waals surface area contributed by atoms with E-state index in [1.807, 2.05) is 19.9 Å². The van der Waals surface area contributed by atoms with Crippen molar-refractivity contribution in [1.82, 2.24) is 9.62 Å². The van der Waals surface area contributed by atoms with Crippen LogP contribution in [0.15, 0.2) is 23.6 Å². The molecule has 0 saturated carbocycles. The third-order valence-corrected chi connectivity index (χ3v) is 6.20. The van der Waals surface area contributed by atoms with E-state index in [1.54, 1.807) is 24.5 Å². The maximum absolute atomic E-state index is 12.5. The molecule has 0 aliphatic heterocycles. The minimum Gasteiger partial charge on any atom is -0.312 e. The largest absolute Gasteiger partial charge is 0.312 e. The molecule has 0 radical (unpaired) electrons. The number of allylic oxidation sites excluding steroid dienone is 1. The SMILES string of the molecule is C=CCCCN(C)S(=O)(=O)c1cc(CNCC)sc1C. The second-order valence-electron chi connectivity index (χ2n) is 4.67. The fourth-order valence-corrected chi connectivity index (χ4v) is 4.64. The van der Waals surface area contributed by atoms with Gasteiger partial charge in [-0.1, -0.05) is 13.0 Å². The molecule has 0 aliphatic carbocycles. The second kappa shape index (κ2) is 7.93. The molecule has 0 amide bonds. The average Bonchev–Trinajstić information content (AvgIpc) is 2.78. The lowest BCUT2D eigenvalue weighted by molar-refractivity contribution is 0.462. The van der Waals surface area contributed by atoms with Gasteiger partial charge in [0.25, 0.3) is 0 Å². The van der Waals surface area contributed by atoms with Crippen molar-refractivity contribution in [1.29, 1.82) is 0 Å². The van der Waals surface area contributed by atoms with Gasteiger partial charge in [0.15, 0.2) is 0 Å². The van der Waals surface area contributed by atoms with E-state index in [1.165, 1.54) is 4.31 Å². The summed E-state index contributed by atoms with van der Waals surface area (Å²) >= 11 is 1.54. The van der Waals surface area contributed by atoms with Gasteiger partial charge in [-0.15, -0.1) is 17.9 Å². The summed E-state index contributed by atoms with van der Waals surface area (Å²) in [4.78, 5) is 2.35. The Bertz CT molecular complexity index is 535. The quantitative estimate of drug-likeness (QED) is 0.563. The highest BCUT2D eigenvalue weighted by molar-refractivity contribution is 7.89. The van der Waals surface area contributed by atoms with Crippen molar-refractivity contribution in [3.63, 3.8) is 0 Å². The molecule has 0 aromatic carbocycles. The summed E-state index contributed by atoms with van der Waals surface area (Å²) in [6.45, 7) is 9.66. The number of rotatable bonds is 9. The monoisotopic (exact) mass is 316 g/mol. The Balaban J connectivity index is 2.85. The van der Waals surface area contributed by atoms with Crippen LogP contribution >= 0.6 is 11.3 Å². The molecular formula is C14H24N2O2S2. The van der Waals surface area contributed by atoms with E-state index in [0.717, 1.165) is 35.7 Å². The Hall–Kier alpha value is -0.690. The zero-order valence-electron chi connectivity index (χ0n) is 12.5. The molecular weight excluding hydrogens is 292 g/mol. The van der Waals surface area contributed by atoms with Gasteiger partial charge in [-0.25, -0.2) is 12.7 Å². The van der Waals surface area contributed by atoms with Crippen molar-refractivity contribution in [2.45, 2.75) is 38.1 Å². The van der Waals surface area contributed by atoms with Crippen LogP contribution in [0.1, 0.15) is 29.5 Å². The third kappa shape index (κ3) is 4.41. The highest BCUT2D eigenvalue weighted by Crippen LogP contribution is 2.27. The van der Waals surface area contributed by atoms with E-state index in [9.17, 15) is 8.42 Å². The van der Waals surface area contributed by atoms with E-state index in [2.05, 4.69) is 11.9 Å². The molecule has 1 heterocycles. The topological polar surface area (TPSA) is 49.4 Å². The maximum Gasteiger partial charge on any atom is 0.243 e. The molecule has 0 aliphatic rings. The summed E-state index contributed by atoms with van der Waals surface area (Å²) in [7, 11) is -1.73. The number of aryl methyl sites for hydroxylation is 1. The number of unbranched alkanes of at least 4 members (excludes halogenated alkanes) is 1. The standard InChI is InChI=1S/C14H24N2O2S2/c1-5-7-8-9-16(4)20(17,18)14-10-13(11-15-6-2)19-12(14)3/h5,10,15H,1,6-9,11H2,2-4H3. The van der Waals surface area contributed by atoms with Gasteiger partial charge in [0.05, 0.1) is 4.90 Å². The van der Waals surface area contributed by atoms with Gasteiger partial charge in [-0.2, -0.15) is 0 Å². The molecule has 1 aromatic heterocycles. The number of thiophene rings is 1. The summed E-state index contributed by atoms with van der Waals surface area (Å²) in [5.41, 5.74) is 0. The van der Waals surface area contributed by atoms with E-state index in [4.69, 9.17) is 0 Å². The van der Waals surface area contributed by atoms with Crippen molar-refractivity contribution in [2.24, 2.45) is 0 Å². The van der Waals surface area contributed by atoms with Crippen LogP contribution in [0, 0.1) is 6.92 Å². The number of hydrogen-bond donors (Lipinski definition) is 1. The summed E-state index contributed by atoms with van der Waals surface area (Å²) < 4.78 is 26.5. The van der Waals surface area contributed by atoms with E-state index < -0.39 is 10.0 Å². The van der Waals surface area contributed by atoms with Crippen molar-refractivity contribution >= 4 is 21.4 Å². The van der Waals surface area contributed by atoms with Crippen LogP contribution in [0.2, 0.25) is 0 Å². The highest BCUT2D eigenvalue weighted by Gasteiger charge is 2.24. The minimum atomic E-state index is -3.37. The third-order valence-electron chi connectivity index (χ3n) is 3.04. The Morgan fingerprint density at radius 1 is 1.50 bits per heavy atom. The molecule has 6 heteroatoms. The first-order valence-electron chi connectivity index (χ1n) is 6.80. The van der Waals surface area contributed by atoms with Gasteiger partial charge in [0, 0.05) is 29.9 Å². The van der Waals surface area contributed by atoms with Crippen LogP contribution in [0.5, 0.6) is 0 Å². The first-order chi connectivity index (χ1) is 9.43. The average molecular weight is 316 g/mol. The van der Waals surface area contributed by atoms with E-state index in [0.29, 0.717) is 11.4 Å². The molecule has 0 atom stereocenters. The van der Waals surface area contributed by atoms with E-state index in [-0.39, 0.29) is 0 Å². The van der Waals surface area contributed by atoms with Crippen LogP contribution in [0.3, 0.4) is 0 Å². The molecule has 0 saturated heterocycles. The van der Waals surface area contributed by atoms with Gasteiger partial charge < -0.3 is 5.32 Å². The number of hydrogen-bond acceptors (Lipinski definition) is 4. The van der Waals surface area contributed by atoms with Crippen LogP contribution in [-0.2, 0) is 16.6 Å². The molecule has 0 bridgehead atoms. The van der Waals surface area contributed by atoms with Crippen LogP contribution in [0.25, 0.3) is 0 Å². The van der Waals surface area contributed by atoms with Crippen molar-refractivity contribution < 1.29 is 8.42 Å². The van der Waals surface area contributed by atoms with Gasteiger partial charge >= 0.3 is 0 Å². The first kappa shape index (κ1) is 17.4. The minimum absolute atomic E-state index is 0.441. The molecule has 1 aromatic rings. The molecule has 1 N–H and O–H groups in total. The fourth-order valence-electron chi connectivity index (χ4n) is 1.86. The summed E-state index contributed by atoms with van der Waals surface area (Å²) in [6.07, 6.45) is 3.44. The Kier molecular flexibility index (Phi) is 6.88. The zero-order valence-corrected chi connectivity index (χ0v) is 14.1. The molecule has 4 nitrogen and oxygen atoms in total. The zero-order chi connectivity index (χ0) is 15.2. The smallest absolute Gasteiger partial charge is 0.243 e. The first-order valence-corrected chi connectivity index (χ1v) is 9.06. The summed E-state index contributed by atoms with van der Waals surface area (Å²) in [5.74, 6) is 0. The summed E-state index contributed by atoms with van der Waals surface area (Å²) in [6, 6.07) is 1.79. The molecule has 0 fully saturated rings. The normalized spacial score (nSPS) is 12.0.